The number of nitriles is 1. The highest BCUT2D eigenvalue weighted by Crippen LogP contribution is 2.28. The Bertz CT molecular complexity index is 378. The monoisotopic (exact) mass is 229 g/mol. The van der Waals surface area contributed by atoms with Crippen molar-refractivity contribution >= 4 is 0 Å². The third kappa shape index (κ3) is 3.85. The minimum atomic E-state index is -0.327. The van der Waals surface area contributed by atoms with Crippen LogP contribution in [0.4, 0.5) is 0 Å². The van der Waals surface area contributed by atoms with Crippen molar-refractivity contribution in [2.24, 2.45) is 5.73 Å². The standard InChI is InChI=1S/C14H19N3/c15-10-13(16)8-9-17(14-6-7-14)11-12-4-2-1-3-5-12/h1-5,13-14H,6-9,11,16H2. The molecule has 1 aromatic rings. The van der Waals surface area contributed by atoms with E-state index in [1.165, 1.54) is 18.4 Å². The van der Waals surface area contributed by atoms with Gasteiger partial charge >= 0.3 is 0 Å². The average molecular weight is 229 g/mol. The lowest BCUT2D eigenvalue weighted by molar-refractivity contribution is 0.249. The maximum absolute atomic E-state index is 8.70. The van der Waals surface area contributed by atoms with Crippen molar-refractivity contribution in [2.45, 2.75) is 37.9 Å². The van der Waals surface area contributed by atoms with Gasteiger partial charge in [-0.15, -0.1) is 0 Å². The average Bonchev–Trinajstić information content (AvgIpc) is 3.19. The number of hydrogen-bond acceptors (Lipinski definition) is 3. The second kappa shape index (κ2) is 5.81. The van der Waals surface area contributed by atoms with Crippen LogP contribution in [-0.2, 0) is 6.54 Å². The molecule has 1 aliphatic rings. The minimum absolute atomic E-state index is 0.327. The zero-order valence-electron chi connectivity index (χ0n) is 10.0. The normalized spacial score (nSPS) is 16.8. The molecule has 0 aromatic heterocycles. The van der Waals surface area contributed by atoms with Gasteiger partial charge in [-0.1, -0.05) is 30.3 Å². The van der Waals surface area contributed by atoms with Crippen molar-refractivity contribution < 1.29 is 0 Å². The predicted molar refractivity (Wildman–Crippen MR) is 68.1 cm³/mol. The second-order valence-corrected chi connectivity index (χ2v) is 4.71. The third-order valence-corrected chi connectivity index (χ3v) is 3.18. The van der Waals surface area contributed by atoms with Gasteiger partial charge in [-0.05, 0) is 24.8 Å². The van der Waals surface area contributed by atoms with Gasteiger partial charge in [-0.3, -0.25) is 4.90 Å². The van der Waals surface area contributed by atoms with E-state index < -0.39 is 0 Å². The molecule has 2 rings (SSSR count). The number of nitrogens with two attached hydrogens (primary N) is 1. The van der Waals surface area contributed by atoms with Crippen LogP contribution in [0.15, 0.2) is 30.3 Å². The molecule has 0 amide bonds. The summed E-state index contributed by atoms with van der Waals surface area (Å²) in [5, 5.41) is 8.70. The number of hydrogen-bond donors (Lipinski definition) is 1. The van der Waals surface area contributed by atoms with Crippen LogP contribution in [0.25, 0.3) is 0 Å². The van der Waals surface area contributed by atoms with E-state index in [0.717, 1.165) is 19.5 Å². The molecule has 1 atom stereocenters. The zero-order valence-corrected chi connectivity index (χ0v) is 10.0. The molecule has 2 N–H and O–H groups in total. The molecule has 3 heteroatoms. The van der Waals surface area contributed by atoms with E-state index >= 15 is 0 Å². The molecule has 0 saturated heterocycles. The van der Waals surface area contributed by atoms with E-state index in [1.54, 1.807) is 0 Å². The van der Waals surface area contributed by atoms with Crippen LogP contribution in [-0.4, -0.2) is 23.5 Å². The quantitative estimate of drug-likeness (QED) is 0.810. The third-order valence-electron chi connectivity index (χ3n) is 3.18. The number of benzene rings is 1. The highest BCUT2D eigenvalue weighted by molar-refractivity contribution is 5.15. The summed E-state index contributed by atoms with van der Waals surface area (Å²) in [4.78, 5) is 2.45. The van der Waals surface area contributed by atoms with Crippen molar-refractivity contribution in [1.82, 2.24) is 4.90 Å². The first-order valence-corrected chi connectivity index (χ1v) is 6.23. The Morgan fingerprint density at radius 3 is 2.65 bits per heavy atom. The van der Waals surface area contributed by atoms with Crippen LogP contribution < -0.4 is 5.73 Å². The Morgan fingerprint density at radius 1 is 1.35 bits per heavy atom. The van der Waals surface area contributed by atoms with E-state index in [2.05, 4.69) is 35.2 Å². The smallest absolute Gasteiger partial charge is 0.0940 e. The molecule has 1 aromatic carbocycles. The summed E-state index contributed by atoms with van der Waals surface area (Å²) in [5.41, 5.74) is 6.99. The Labute approximate surface area is 103 Å². The van der Waals surface area contributed by atoms with Crippen molar-refractivity contribution in [1.29, 1.82) is 5.26 Å². The first-order chi connectivity index (χ1) is 8.29. The molecule has 17 heavy (non-hydrogen) atoms. The van der Waals surface area contributed by atoms with Gasteiger partial charge in [-0.25, -0.2) is 0 Å². The lowest BCUT2D eigenvalue weighted by Gasteiger charge is -2.22. The topological polar surface area (TPSA) is 53.1 Å². The van der Waals surface area contributed by atoms with Crippen LogP contribution in [0, 0.1) is 11.3 Å². The molecular weight excluding hydrogens is 210 g/mol. The van der Waals surface area contributed by atoms with E-state index in [4.69, 9.17) is 11.0 Å². The van der Waals surface area contributed by atoms with Crippen molar-refractivity contribution in [3.8, 4) is 6.07 Å². The largest absolute Gasteiger partial charge is 0.316 e. The van der Waals surface area contributed by atoms with Crippen molar-refractivity contribution in [2.75, 3.05) is 6.54 Å². The Hall–Kier alpha value is -1.37. The molecule has 0 radical (unpaired) electrons. The lowest BCUT2D eigenvalue weighted by Crippen LogP contribution is -2.31. The fraction of sp³-hybridized carbons (Fsp3) is 0.500. The van der Waals surface area contributed by atoms with Gasteiger partial charge < -0.3 is 5.73 Å². The van der Waals surface area contributed by atoms with E-state index in [1.807, 2.05) is 6.07 Å². The highest BCUT2D eigenvalue weighted by Gasteiger charge is 2.28. The first-order valence-electron chi connectivity index (χ1n) is 6.23. The van der Waals surface area contributed by atoms with Gasteiger partial charge in [0.1, 0.15) is 0 Å². The molecule has 0 bridgehead atoms. The van der Waals surface area contributed by atoms with Gasteiger partial charge in [0.15, 0.2) is 0 Å². The SMILES string of the molecule is N#CC(N)CCN(Cc1ccccc1)C1CC1. The molecule has 0 aliphatic heterocycles. The molecule has 1 fully saturated rings. The summed E-state index contributed by atoms with van der Waals surface area (Å²) >= 11 is 0. The molecule has 1 aliphatic carbocycles. The maximum Gasteiger partial charge on any atom is 0.0940 e. The van der Waals surface area contributed by atoms with Crippen LogP contribution in [0.5, 0.6) is 0 Å². The number of rotatable bonds is 6. The van der Waals surface area contributed by atoms with E-state index in [-0.39, 0.29) is 6.04 Å². The molecule has 0 heterocycles. The summed E-state index contributed by atoms with van der Waals surface area (Å²) in [7, 11) is 0. The Kier molecular flexibility index (Phi) is 4.13. The lowest BCUT2D eigenvalue weighted by atomic mass is 10.2. The van der Waals surface area contributed by atoms with E-state index in [0.29, 0.717) is 6.04 Å². The highest BCUT2D eigenvalue weighted by atomic mass is 15.2. The van der Waals surface area contributed by atoms with Crippen LogP contribution in [0.2, 0.25) is 0 Å². The molecular formula is C14H19N3. The second-order valence-electron chi connectivity index (χ2n) is 4.71. The molecule has 1 saturated carbocycles. The fourth-order valence-corrected chi connectivity index (χ4v) is 2.02. The molecule has 3 nitrogen and oxygen atoms in total. The minimum Gasteiger partial charge on any atom is -0.316 e. The molecule has 1 unspecified atom stereocenters. The van der Waals surface area contributed by atoms with Crippen LogP contribution in [0.1, 0.15) is 24.8 Å². The fourth-order valence-electron chi connectivity index (χ4n) is 2.02. The predicted octanol–water partition coefficient (Wildman–Crippen LogP) is 1.89. The van der Waals surface area contributed by atoms with Crippen LogP contribution in [0.3, 0.4) is 0 Å². The van der Waals surface area contributed by atoms with Gasteiger partial charge in [0.25, 0.3) is 0 Å². The summed E-state index contributed by atoms with van der Waals surface area (Å²) in [6.07, 6.45) is 3.34. The maximum atomic E-state index is 8.70. The van der Waals surface area contributed by atoms with Crippen molar-refractivity contribution in [3.05, 3.63) is 35.9 Å². The van der Waals surface area contributed by atoms with Crippen LogP contribution >= 0.6 is 0 Å². The van der Waals surface area contributed by atoms with Gasteiger partial charge in [0.05, 0.1) is 12.1 Å². The summed E-state index contributed by atoms with van der Waals surface area (Å²) < 4.78 is 0. The van der Waals surface area contributed by atoms with Gasteiger partial charge in [0.2, 0.25) is 0 Å². The Morgan fingerprint density at radius 2 is 2.06 bits per heavy atom. The summed E-state index contributed by atoms with van der Waals surface area (Å²) in [5.74, 6) is 0. The van der Waals surface area contributed by atoms with Gasteiger partial charge in [0, 0.05) is 19.1 Å². The Balaban J connectivity index is 1.87. The summed E-state index contributed by atoms with van der Waals surface area (Å²) in [6.45, 7) is 1.90. The number of nitrogens with zero attached hydrogens (tertiary/aromatic N) is 2. The molecule has 0 spiro atoms. The first kappa shape index (κ1) is 12.1. The molecule has 90 valence electrons. The van der Waals surface area contributed by atoms with Crippen molar-refractivity contribution in [3.63, 3.8) is 0 Å². The zero-order chi connectivity index (χ0) is 12.1. The van der Waals surface area contributed by atoms with Gasteiger partial charge in [-0.2, -0.15) is 5.26 Å². The summed E-state index contributed by atoms with van der Waals surface area (Å²) in [6, 6.07) is 13.0. The van der Waals surface area contributed by atoms with E-state index in [9.17, 15) is 0 Å².